The highest BCUT2D eigenvalue weighted by molar-refractivity contribution is 6.11. The van der Waals surface area contributed by atoms with Crippen LogP contribution in [-0.2, 0) is 4.79 Å². The van der Waals surface area contributed by atoms with Crippen molar-refractivity contribution in [2.45, 2.75) is 20.8 Å². The Morgan fingerprint density at radius 3 is 2.50 bits per heavy atom. The SMILES string of the molecule is CCN(C(C)=O)c1cccc(-c2ccnc3c(C(=O)c4ccc(C)cc4)ncn23)c1. The van der Waals surface area contributed by atoms with Crippen molar-refractivity contribution in [3.63, 3.8) is 0 Å². The molecule has 6 heteroatoms. The zero-order valence-corrected chi connectivity index (χ0v) is 17.2. The quantitative estimate of drug-likeness (QED) is 0.470. The molecule has 0 spiro atoms. The van der Waals surface area contributed by atoms with E-state index in [1.807, 2.05) is 60.7 Å². The van der Waals surface area contributed by atoms with Gasteiger partial charge in [-0.2, -0.15) is 0 Å². The lowest BCUT2D eigenvalue weighted by Crippen LogP contribution is -2.27. The zero-order chi connectivity index (χ0) is 21.3. The topological polar surface area (TPSA) is 67.6 Å². The summed E-state index contributed by atoms with van der Waals surface area (Å²) in [6.07, 6.45) is 3.29. The van der Waals surface area contributed by atoms with E-state index in [1.54, 1.807) is 36.5 Å². The molecular weight excluding hydrogens is 376 g/mol. The minimum Gasteiger partial charge on any atom is -0.313 e. The number of rotatable bonds is 5. The molecule has 2 heterocycles. The Morgan fingerprint density at radius 2 is 1.80 bits per heavy atom. The van der Waals surface area contributed by atoms with Crippen LogP contribution in [0.5, 0.6) is 0 Å². The lowest BCUT2D eigenvalue weighted by Gasteiger charge is -2.20. The van der Waals surface area contributed by atoms with Gasteiger partial charge < -0.3 is 4.90 Å². The molecular formula is C24H22N4O2. The summed E-state index contributed by atoms with van der Waals surface area (Å²) in [7, 11) is 0. The van der Waals surface area contributed by atoms with Gasteiger partial charge in [-0.3, -0.25) is 14.0 Å². The van der Waals surface area contributed by atoms with Gasteiger partial charge in [0.1, 0.15) is 6.33 Å². The molecule has 0 aliphatic heterocycles. The van der Waals surface area contributed by atoms with Crippen molar-refractivity contribution in [1.29, 1.82) is 0 Å². The van der Waals surface area contributed by atoms with E-state index >= 15 is 0 Å². The second-order valence-electron chi connectivity index (χ2n) is 7.13. The monoisotopic (exact) mass is 398 g/mol. The fourth-order valence-corrected chi connectivity index (χ4v) is 3.56. The Kier molecular flexibility index (Phi) is 5.14. The number of carbonyl (C=O) groups is 2. The third kappa shape index (κ3) is 3.48. The molecule has 0 fully saturated rings. The number of fused-ring (bicyclic) bond motifs is 1. The summed E-state index contributed by atoms with van der Waals surface area (Å²) in [4.78, 5) is 35.4. The van der Waals surface area contributed by atoms with Crippen molar-refractivity contribution in [3.8, 4) is 11.3 Å². The summed E-state index contributed by atoms with van der Waals surface area (Å²) in [5.41, 5.74) is 5.06. The minimum atomic E-state index is -0.162. The van der Waals surface area contributed by atoms with Gasteiger partial charge in [-0.15, -0.1) is 0 Å². The first-order chi connectivity index (χ1) is 14.5. The first-order valence-electron chi connectivity index (χ1n) is 9.81. The van der Waals surface area contributed by atoms with Crippen LogP contribution >= 0.6 is 0 Å². The van der Waals surface area contributed by atoms with Gasteiger partial charge in [0.05, 0.1) is 5.69 Å². The molecule has 0 N–H and O–H groups in total. The normalized spacial score (nSPS) is 10.9. The van der Waals surface area contributed by atoms with Crippen molar-refractivity contribution in [3.05, 3.63) is 83.9 Å². The highest BCUT2D eigenvalue weighted by Crippen LogP contribution is 2.26. The molecule has 4 rings (SSSR count). The summed E-state index contributed by atoms with van der Waals surface area (Å²) in [6.45, 7) is 6.07. The highest BCUT2D eigenvalue weighted by atomic mass is 16.2. The average Bonchev–Trinajstić information content (AvgIpc) is 3.18. The van der Waals surface area contributed by atoms with Crippen LogP contribution in [0.4, 0.5) is 5.69 Å². The molecule has 0 unspecified atom stereocenters. The number of amides is 1. The molecule has 2 aromatic heterocycles. The van der Waals surface area contributed by atoms with Gasteiger partial charge in [-0.25, -0.2) is 9.97 Å². The van der Waals surface area contributed by atoms with Crippen LogP contribution in [0.15, 0.2) is 67.1 Å². The number of aromatic nitrogens is 3. The number of benzene rings is 2. The lowest BCUT2D eigenvalue weighted by atomic mass is 10.1. The maximum absolute atomic E-state index is 13.0. The van der Waals surface area contributed by atoms with E-state index in [2.05, 4.69) is 9.97 Å². The maximum atomic E-state index is 13.0. The molecule has 0 saturated carbocycles. The lowest BCUT2D eigenvalue weighted by molar-refractivity contribution is -0.116. The van der Waals surface area contributed by atoms with E-state index in [0.717, 1.165) is 22.5 Å². The number of imidazole rings is 1. The standard InChI is InChI=1S/C24H22N4O2/c1-4-27(17(3)29)20-7-5-6-19(14-20)21-12-13-25-24-22(26-15-28(21)24)23(30)18-10-8-16(2)9-11-18/h5-15H,4H2,1-3H3. The predicted octanol–water partition coefficient (Wildman–Crippen LogP) is 4.31. The second kappa shape index (κ2) is 7.91. The van der Waals surface area contributed by atoms with Crippen molar-refractivity contribution < 1.29 is 9.59 Å². The van der Waals surface area contributed by atoms with Gasteiger partial charge >= 0.3 is 0 Å². The predicted molar refractivity (Wildman–Crippen MR) is 117 cm³/mol. The molecule has 0 bridgehead atoms. The Bertz CT molecular complexity index is 1240. The summed E-state index contributed by atoms with van der Waals surface area (Å²) < 4.78 is 1.81. The second-order valence-corrected chi connectivity index (χ2v) is 7.13. The number of ketones is 1. The van der Waals surface area contributed by atoms with Crippen molar-refractivity contribution in [2.75, 3.05) is 11.4 Å². The molecule has 0 atom stereocenters. The van der Waals surface area contributed by atoms with E-state index in [0.29, 0.717) is 23.4 Å². The number of hydrogen-bond acceptors (Lipinski definition) is 4. The van der Waals surface area contributed by atoms with Crippen LogP contribution in [0.3, 0.4) is 0 Å². The third-order valence-corrected chi connectivity index (χ3v) is 5.11. The molecule has 4 aromatic rings. The van der Waals surface area contributed by atoms with Crippen molar-refractivity contribution >= 4 is 23.0 Å². The van der Waals surface area contributed by atoms with E-state index in [1.165, 1.54) is 0 Å². The molecule has 0 radical (unpaired) electrons. The number of anilines is 1. The Labute approximate surface area is 174 Å². The summed E-state index contributed by atoms with van der Waals surface area (Å²) >= 11 is 0. The molecule has 30 heavy (non-hydrogen) atoms. The number of nitrogens with zero attached hydrogens (tertiary/aromatic N) is 4. The smallest absolute Gasteiger partial charge is 0.223 e. The van der Waals surface area contributed by atoms with Gasteiger partial charge in [-0.05, 0) is 32.0 Å². The van der Waals surface area contributed by atoms with E-state index < -0.39 is 0 Å². The fraction of sp³-hybridized carbons (Fsp3) is 0.167. The van der Waals surface area contributed by atoms with Gasteiger partial charge in [-0.1, -0.05) is 42.0 Å². The van der Waals surface area contributed by atoms with E-state index in [9.17, 15) is 9.59 Å². The highest BCUT2D eigenvalue weighted by Gasteiger charge is 2.18. The number of carbonyl (C=O) groups excluding carboxylic acids is 2. The van der Waals surface area contributed by atoms with Gasteiger partial charge in [0.25, 0.3) is 0 Å². The van der Waals surface area contributed by atoms with E-state index in [4.69, 9.17) is 0 Å². The largest absolute Gasteiger partial charge is 0.313 e. The Hall–Kier alpha value is -3.80. The average molecular weight is 398 g/mol. The van der Waals surface area contributed by atoms with Gasteiger partial charge in [0, 0.05) is 36.5 Å². The van der Waals surface area contributed by atoms with Crippen LogP contribution in [0.25, 0.3) is 16.9 Å². The Morgan fingerprint density at radius 1 is 1.03 bits per heavy atom. The van der Waals surface area contributed by atoms with Crippen LogP contribution in [0.1, 0.15) is 35.5 Å². The molecule has 150 valence electrons. The maximum Gasteiger partial charge on any atom is 0.223 e. The zero-order valence-electron chi connectivity index (χ0n) is 17.2. The summed E-state index contributed by atoms with van der Waals surface area (Å²) in [6, 6.07) is 17.0. The number of aryl methyl sites for hydroxylation is 1. The molecule has 1 amide bonds. The molecule has 0 aliphatic carbocycles. The van der Waals surface area contributed by atoms with Gasteiger partial charge in [0.2, 0.25) is 11.7 Å². The fourth-order valence-electron chi connectivity index (χ4n) is 3.56. The molecule has 6 nitrogen and oxygen atoms in total. The Balaban J connectivity index is 1.78. The van der Waals surface area contributed by atoms with E-state index in [-0.39, 0.29) is 11.7 Å². The molecule has 2 aromatic carbocycles. The third-order valence-electron chi connectivity index (χ3n) is 5.11. The first kappa shape index (κ1) is 19.5. The molecule has 0 aliphatic rings. The van der Waals surface area contributed by atoms with Crippen LogP contribution in [-0.4, -0.2) is 32.6 Å². The summed E-state index contributed by atoms with van der Waals surface area (Å²) in [5.74, 6) is -0.173. The molecule has 0 saturated heterocycles. The number of hydrogen-bond donors (Lipinski definition) is 0. The minimum absolute atomic E-state index is 0.0110. The first-order valence-corrected chi connectivity index (χ1v) is 9.81. The van der Waals surface area contributed by atoms with Crippen LogP contribution in [0, 0.1) is 6.92 Å². The van der Waals surface area contributed by atoms with Crippen LogP contribution < -0.4 is 4.90 Å². The van der Waals surface area contributed by atoms with Crippen molar-refractivity contribution in [1.82, 2.24) is 14.4 Å². The summed E-state index contributed by atoms with van der Waals surface area (Å²) in [5, 5.41) is 0. The van der Waals surface area contributed by atoms with Crippen molar-refractivity contribution in [2.24, 2.45) is 0 Å². The van der Waals surface area contributed by atoms with Gasteiger partial charge in [0.15, 0.2) is 11.3 Å². The van der Waals surface area contributed by atoms with Crippen LogP contribution in [0.2, 0.25) is 0 Å².